The van der Waals surface area contributed by atoms with Gasteiger partial charge in [0.2, 0.25) is 0 Å². The second kappa shape index (κ2) is 9.74. The molecule has 29 heavy (non-hydrogen) atoms. The number of alkyl halides is 3. The van der Waals surface area contributed by atoms with Gasteiger partial charge in [-0.15, -0.1) is 0 Å². The monoisotopic (exact) mass is 430 g/mol. The van der Waals surface area contributed by atoms with Crippen LogP contribution < -0.4 is 0 Å². The zero-order valence-electron chi connectivity index (χ0n) is 18.1. The largest absolute Gasteiger partial charge is 0.247 e. The number of hydrogen-bond acceptors (Lipinski definition) is 1. The molecule has 0 nitrogen and oxygen atoms in total. The predicted molar refractivity (Wildman–Crippen MR) is 118 cm³/mol. The first-order chi connectivity index (χ1) is 13.9. The first-order valence-electron chi connectivity index (χ1n) is 12.5. The van der Waals surface area contributed by atoms with Crippen molar-refractivity contribution in [2.45, 2.75) is 114 Å². The number of rotatable bonds is 3. The summed E-state index contributed by atoms with van der Waals surface area (Å²) in [4.78, 5) is 0. The van der Waals surface area contributed by atoms with Crippen LogP contribution in [0.15, 0.2) is 0 Å². The molecule has 0 saturated heterocycles. The lowest BCUT2D eigenvalue weighted by atomic mass is 9.62. The van der Waals surface area contributed by atoms with Crippen molar-refractivity contribution in [1.82, 2.24) is 0 Å². The van der Waals surface area contributed by atoms with E-state index in [1.54, 1.807) is 6.92 Å². The smallest absolute Gasteiger partial charge is 0.106 e. The molecule has 4 aliphatic carbocycles. The molecule has 0 bridgehead atoms. The molecule has 4 fully saturated rings. The third-order valence-electron chi connectivity index (χ3n) is 9.56. The van der Waals surface area contributed by atoms with E-state index in [9.17, 15) is 8.78 Å². The van der Waals surface area contributed by atoms with E-state index in [0.717, 1.165) is 24.7 Å². The van der Waals surface area contributed by atoms with Crippen molar-refractivity contribution >= 4 is 12.6 Å². The summed E-state index contributed by atoms with van der Waals surface area (Å²) in [6.45, 7) is 1.66. The molecule has 0 heterocycles. The molecule has 0 amide bonds. The van der Waals surface area contributed by atoms with E-state index < -0.39 is 24.4 Å². The molecule has 4 saturated carbocycles. The molecule has 0 aromatic heterocycles. The van der Waals surface area contributed by atoms with Crippen LogP contribution in [0, 0.1) is 41.4 Å². The fraction of sp³-hybridized carbons (Fsp3) is 1.00. The first kappa shape index (κ1) is 22.3. The topological polar surface area (TPSA) is 0 Å². The van der Waals surface area contributed by atoms with Crippen molar-refractivity contribution in [3.63, 3.8) is 0 Å². The maximum atomic E-state index is 15.1. The zero-order chi connectivity index (χ0) is 20.5. The Labute approximate surface area is 181 Å². The van der Waals surface area contributed by atoms with E-state index in [0.29, 0.717) is 36.3 Å². The summed E-state index contributed by atoms with van der Waals surface area (Å²) < 4.78 is 43.5. The lowest BCUT2D eigenvalue weighted by Gasteiger charge is -2.44. The average molecular weight is 431 g/mol. The van der Waals surface area contributed by atoms with Crippen LogP contribution in [0.3, 0.4) is 0 Å². The van der Waals surface area contributed by atoms with Crippen molar-refractivity contribution < 1.29 is 13.2 Å². The highest BCUT2D eigenvalue weighted by Crippen LogP contribution is 2.49. The molecular formula is C25H41F3S. The maximum Gasteiger partial charge on any atom is 0.106 e. The summed E-state index contributed by atoms with van der Waals surface area (Å²) >= 11 is 4.64. The molecule has 0 N–H and O–H groups in total. The van der Waals surface area contributed by atoms with Gasteiger partial charge in [-0.3, -0.25) is 0 Å². The molecule has 0 aromatic rings. The quantitative estimate of drug-likeness (QED) is 0.435. The molecule has 4 aliphatic rings. The van der Waals surface area contributed by atoms with Gasteiger partial charge >= 0.3 is 0 Å². The van der Waals surface area contributed by atoms with Gasteiger partial charge in [0.25, 0.3) is 0 Å². The van der Waals surface area contributed by atoms with Crippen molar-refractivity contribution in [2.75, 3.05) is 0 Å². The number of halogens is 3. The SMILES string of the molecule is CC1C(F)CC(C2CCC(C3CCC(C4CCC(S)CC4)CC3)CC2F)CC1F. The van der Waals surface area contributed by atoms with E-state index in [-0.39, 0.29) is 11.8 Å². The van der Waals surface area contributed by atoms with Crippen LogP contribution in [-0.2, 0) is 0 Å². The van der Waals surface area contributed by atoms with Gasteiger partial charge < -0.3 is 0 Å². The van der Waals surface area contributed by atoms with Gasteiger partial charge in [0.15, 0.2) is 0 Å². The first-order valence-corrected chi connectivity index (χ1v) is 13.0. The predicted octanol–water partition coefficient (Wildman–Crippen LogP) is 7.76. The molecule has 168 valence electrons. The fourth-order valence-corrected chi connectivity index (χ4v) is 7.77. The third-order valence-corrected chi connectivity index (χ3v) is 10.1. The van der Waals surface area contributed by atoms with Crippen LogP contribution >= 0.6 is 12.6 Å². The Hall–Kier alpha value is 0.140. The molecule has 0 spiro atoms. The van der Waals surface area contributed by atoms with Gasteiger partial charge in [-0.25, -0.2) is 13.2 Å². The van der Waals surface area contributed by atoms with Gasteiger partial charge in [-0.1, -0.05) is 6.92 Å². The minimum Gasteiger partial charge on any atom is -0.247 e. The van der Waals surface area contributed by atoms with Crippen LogP contribution in [-0.4, -0.2) is 23.8 Å². The fourth-order valence-electron chi connectivity index (χ4n) is 7.47. The third kappa shape index (κ3) is 5.14. The summed E-state index contributed by atoms with van der Waals surface area (Å²) in [5.74, 6) is 2.25. The van der Waals surface area contributed by atoms with Gasteiger partial charge in [-0.2, -0.15) is 12.6 Å². The summed E-state index contributed by atoms with van der Waals surface area (Å²) in [7, 11) is 0. The molecule has 5 atom stereocenters. The van der Waals surface area contributed by atoms with Gasteiger partial charge in [0.05, 0.1) is 0 Å². The molecule has 0 aromatic carbocycles. The zero-order valence-corrected chi connectivity index (χ0v) is 19.0. The normalized spacial score (nSPS) is 52.2. The maximum absolute atomic E-state index is 15.1. The number of hydrogen-bond donors (Lipinski definition) is 1. The Kier molecular flexibility index (Phi) is 7.50. The summed E-state index contributed by atoms with van der Waals surface area (Å²) in [5, 5.41) is 0.618. The van der Waals surface area contributed by atoms with Gasteiger partial charge in [0, 0.05) is 11.2 Å². The van der Waals surface area contributed by atoms with E-state index in [1.807, 2.05) is 0 Å². The van der Waals surface area contributed by atoms with Crippen LogP contribution in [0.25, 0.3) is 0 Å². The highest BCUT2D eigenvalue weighted by Gasteiger charge is 2.44. The van der Waals surface area contributed by atoms with E-state index in [1.165, 1.54) is 51.4 Å². The Morgan fingerprint density at radius 3 is 1.45 bits per heavy atom. The molecule has 4 heteroatoms. The van der Waals surface area contributed by atoms with Crippen molar-refractivity contribution in [3.8, 4) is 0 Å². The van der Waals surface area contributed by atoms with Gasteiger partial charge in [0.1, 0.15) is 18.5 Å². The van der Waals surface area contributed by atoms with Crippen molar-refractivity contribution in [2.24, 2.45) is 41.4 Å². The second-order valence-corrected chi connectivity index (χ2v) is 11.8. The van der Waals surface area contributed by atoms with E-state index >= 15 is 4.39 Å². The minimum absolute atomic E-state index is 0.0927. The van der Waals surface area contributed by atoms with E-state index in [2.05, 4.69) is 12.6 Å². The van der Waals surface area contributed by atoms with Crippen LogP contribution in [0.1, 0.15) is 90.4 Å². The summed E-state index contributed by atoms with van der Waals surface area (Å²) in [5.41, 5.74) is 0. The Balaban J connectivity index is 1.24. The Morgan fingerprint density at radius 2 is 0.931 bits per heavy atom. The Morgan fingerprint density at radius 1 is 0.517 bits per heavy atom. The lowest BCUT2D eigenvalue weighted by Crippen LogP contribution is -2.42. The molecule has 0 radical (unpaired) electrons. The number of thiol groups is 1. The van der Waals surface area contributed by atoms with Crippen LogP contribution in [0.4, 0.5) is 13.2 Å². The van der Waals surface area contributed by atoms with Crippen LogP contribution in [0.2, 0.25) is 0 Å². The average Bonchev–Trinajstić information content (AvgIpc) is 2.72. The van der Waals surface area contributed by atoms with E-state index in [4.69, 9.17) is 0 Å². The van der Waals surface area contributed by atoms with Crippen molar-refractivity contribution in [1.29, 1.82) is 0 Å². The highest BCUT2D eigenvalue weighted by atomic mass is 32.1. The minimum atomic E-state index is -1.10. The van der Waals surface area contributed by atoms with Crippen LogP contribution in [0.5, 0.6) is 0 Å². The summed E-state index contributed by atoms with van der Waals surface area (Å²) in [6.07, 6.45) is 10.7. The van der Waals surface area contributed by atoms with Gasteiger partial charge in [-0.05, 0) is 119 Å². The lowest BCUT2D eigenvalue weighted by molar-refractivity contribution is -0.0136. The molecule has 0 aliphatic heterocycles. The highest BCUT2D eigenvalue weighted by molar-refractivity contribution is 7.80. The second-order valence-electron chi connectivity index (χ2n) is 11.1. The Bertz CT molecular complexity index is 500. The summed E-state index contributed by atoms with van der Waals surface area (Å²) in [6, 6.07) is 0. The van der Waals surface area contributed by atoms with Crippen molar-refractivity contribution in [3.05, 3.63) is 0 Å². The molecular weight excluding hydrogens is 389 g/mol. The standard InChI is InChI=1S/C25H41F3S/c1-15-23(26)13-20(14-24(15)27)22-11-8-19(12-25(22)28)18-4-2-16(3-5-18)17-6-9-21(29)10-7-17/h15-25,29H,2-14H2,1H3. The molecule has 5 unspecified atom stereocenters. The molecule has 4 rings (SSSR count).